The molecular formula is C17H12N2O2. The Labute approximate surface area is 120 Å². The van der Waals surface area contributed by atoms with Gasteiger partial charge in [0.1, 0.15) is 11.3 Å². The molecule has 0 saturated heterocycles. The van der Waals surface area contributed by atoms with E-state index in [1.807, 2.05) is 36.4 Å². The third kappa shape index (κ3) is 1.80. The highest BCUT2D eigenvalue weighted by atomic mass is 16.3. The molecule has 0 bridgehead atoms. The lowest BCUT2D eigenvalue weighted by Crippen LogP contribution is -1.86. The highest BCUT2D eigenvalue weighted by molar-refractivity contribution is 6.04. The quantitative estimate of drug-likeness (QED) is 0.408. The summed E-state index contributed by atoms with van der Waals surface area (Å²) < 4.78 is 5.77. The molecule has 4 heteroatoms. The molecule has 0 unspecified atom stereocenters. The summed E-state index contributed by atoms with van der Waals surface area (Å²) in [5.41, 5.74) is 8.28. The van der Waals surface area contributed by atoms with E-state index in [0.29, 0.717) is 22.7 Å². The van der Waals surface area contributed by atoms with Crippen molar-refractivity contribution in [2.45, 2.75) is 0 Å². The van der Waals surface area contributed by atoms with Gasteiger partial charge in [-0.1, -0.05) is 30.3 Å². The van der Waals surface area contributed by atoms with Crippen molar-refractivity contribution in [3.8, 4) is 17.2 Å². The van der Waals surface area contributed by atoms with Crippen LogP contribution in [0.3, 0.4) is 0 Å². The number of hydrogen-bond donors (Lipinski definition) is 2. The fourth-order valence-electron chi connectivity index (χ4n) is 2.50. The Kier molecular flexibility index (Phi) is 2.38. The maximum absolute atomic E-state index is 9.97. The molecule has 0 fully saturated rings. The number of nitrogens with zero attached hydrogens (tertiary/aromatic N) is 1. The van der Waals surface area contributed by atoms with Crippen molar-refractivity contribution >= 4 is 27.6 Å². The van der Waals surface area contributed by atoms with Crippen LogP contribution in [0.5, 0.6) is 5.75 Å². The number of aromatic nitrogens is 1. The topological polar surface area (TPSA) is 72.3 Å². The fourth-order valence-corrected chi connectivity index (χ4v) is 2.50. The number of hydrogen-bond acceptors (Lipinski definition) is 4. The maximum atomic E-state index is 9.97. The zero-order valence-corrected chi connectivity index (χ0v) is 11.1. The van der Waals surface area contributed by atoms with Crippen molar-refractivity contribution in [2.75, 3.05) is 5.73 Å². The maximum Gasteiger partial charge on any atom is 0.231 e. The minimum absolute atomic E-state index is 0.0973. The summed E-state index contributed by atoms with van der Waals surface area (Å²) in [6.07, 6.45) is 0. The van der Waals surface area contributed by atoms with E-state index in [4.69, 9.17) is 10.2 Å². The minimum atomic E-state index is 0.0973. The molecule has 4 rings (SSSR count). The first-order valence-electron chi connectivity index (χ1n) is 6.59. The van der Waals surface area contributed by atoms with E-state index in [2.05, 4.69) is 4.98 Å². The summed E-state index contributed by atoms with van der Waals surface area (Å²) in [6, 6.07) is 16.7. The SMILES string of the molecule is Nc1ccc(O)c(-c2nc3c(ccc4ccccc43)o2)c1. The molecule has 0 saturated carbocycles. The summed E-state index contributed by atoms with van der Waals surface area (Å²) in [6.45, 7) is 0. The van der Waals surface area contributed by atoms with Crippen molar-refractivity contribution < 1.29 is 9.52 Å². The largest absolute Gasteiger partial charge is 0.507 e. The lowest BCUT2D eigenvalue weighted by atomic mass is 10.1. The van der Waals surface area contributed by atoms with Crippen LogP contribution in [0.2, 0.25) is 0 Å². The van der Waals surface area contributed by atoms with Gasteiger partial charge in [0.15, 0.2) is 5.58 Å². The van der Waals surface area contributed by atoms with E-state index in [9.17, 15) is 5.11 Å². The Bertz CT molecular complexity index is 973. The number of phenols is 1. The Morgan fingerprint density at radius 3 is 2.76 bits per heavy atom. The van der Waals surface area contributed by atoms with E-state index < -0.39 is 0 Å². The van der Waals surface area contributed by atoms with Crippen molar-refractivity contribution in [2.24, 2.45) is 0 Å². The lowest BCUT2D eigenvalue weighted by molar-refractivity contribution is 0.474. The highest BCUT2D eigenvalue weighted by Gasteiger charge is 2.14. The third-order valence-electron chi connectivity index (χ3n) is 3.53. The Morgan fingerprint density at radius 2 is 1.86 bits per heavy atom. The van der Waals surface area contributed by atoms with Crippen molar-refractivity contribution in [3.05, 3.63) is 54.6 Å². The summed E-state index contributed by atoms with van der Waals surface area (Å²) in [5.74, 6) is 0.464. The standard InChI is InChI=1S/C17H12N2O2/c18-11-6-7-14(20)13(9-11)17-19-16-12-4-2-1-3-10(12)5-8-15(16)21-17/h1-9,20H,18H2. The average Bonchev–Trinajstić information content (AvgIpc) is 2.94. The van der Waals surface area contributed by atoms with Gasteiger partial charge in [-0.05, 0) is 29.7 Å². The molecule has 3 aromatic carbocycles. The molecular weight excluding hydrogens is 264 g/mol. The normalized spacial score (nSPS) is 11.2. The van der Waals surface area contributed by atoms with E-state index in [-0.39, 0.29) is 5.75 Å². The van der Waals surface area contributed by atoms with Crippen LogP contribution in [-0.4, -0.2) is 10.1 Å². The van der Waals surface area contributed by atoms with Gasteiger partial charge >= 0.3 is 0 Å². The number of aromatic hydroxyl groups is 1. The molecule has 102 valence electrons. The van der Waals surface area contributed by atoms with Gasteiger partial charge in [0.05, 0.1) is 5.56 Å². The van der Waals surface area contributed by atoms with Crippen molar-refractivity contribution in [1.82, 2.24) is 4.98 Å². The first-order chi connectivity index (χ1) is 10.2. The number of anilines is 1. The van der Waals surface area contributed by atoms with Crippen LogP contribution < -0.4 is 5.73 Å². The second-order valence-electron chi connectivity index (χ2n) is 4.93. The molecule has 0 amide bonds. The van der Waals surface area contributed by atoms with Crippen LogP contribution in [0, 0.1) is 0 Å². The Morgan fingerprint density at radius 1 is 1.00 bits per heavy atom. The zero-order chi connectivity index (χ0) is 14.4. The zero-order valence-electron chi connectivity index (χ0n) is 11.1. The Hall–Kier alpha value is -3.01. The molecule has 0 aliphatic rings. The second kappa shape index (κ2) is 4.24. The van der Waals surface area contributed by atoms with Crippen LogP contribution in [0.15, 0.2) is 59.0 Å². The second-order valence-corrected chi connectivity index (χ2v) is 4.93. The molecule has 21 heavy (non-hydrogen) atoms. The predicted octanol–water partition coefficient (Wildman–Crippen LogP) is 3.94. The van der Waals surface area contributed by atoms with Gasteiger partial charge in [0.25, 0.3) is 0 Å². The minimum Gasteiger partial charge on any atom is -0.507 e. The van der Waals surface area contributed by atoms with Crippen LogP contribution in [0.1, 0.15) is 0 Å². The Balaban J connectivity index is 2.03. The van der Waals surface area contributed by atoms with Gasteiger partial charge in [-0.25, -0.2) is 4.98 Å². The monoisotopic (exact) mass is 276 g/mol. The van der Waals surface area contributed by atoms with Crippen molar-refractivity contribution in [1.29, 1.82) is 0 Å². The van der Waals surface area contributed by atoms with Gasteiger partial charge in [0, 0.05) is 11.1 Å². The van der Waals surface area contributed by atoms with E-state index >= 15 is 0 Å². The van der Waals surface area contributed by atoms with E-state index in [1.54, 1.807) is 12.1 Å². The van der Waals surface area contributed by atoms with E-state index in [1.165, 1.54) is 6.07 Å². The number of oxazole rings is 1. The summed E-state index contributed by atoms with van der Waals surface area (Å²) in [5, 5.41) is 12.1. The highest BCUT2D eigenvalue weighted by Crippen LogP contribution is 2.34. The molecule has 1 aromatic heterocycles. The van der Waals surface area contributed by atoms with Gasteiger partial charge in [0.2, 0.25) is 5.89 Å². The van der Waals surface area contributed by atoms with Crippen LogP contribution >= 0.6 is 0 Å². The first-order valence-corrected chi connectivity index (χ1v) is 6.59. The molecule has 0 aliphatic heterocycles. The molecule has 0 radical (unpaired) electrons. The number of fused-ring (bicyclic) bond motifs is 3. The summed E-state index contributed by atoms with van der Waals surface area (Å²) in [7, 11) is 0. The van der Waals surface area contributed by atoms with Gasteiger partial charge in [-0.2, -0.15) is 0 Å². The van der Waals surface area contributed by atoms with Gasteiger partial charge in [-0.3, -0.25) is 0 Å². The number of rotatable bonds is 1. The van der Waals surface area contributed by atoms with Crippen molar-refractivity contribution in [3.63, 3.8) is 0 Å². The molecule has 4 nitrogen and oxygen atoms in total. The summed E-state index contributed by atoms with van der Waals surface area (Å²) in [4.78, 5) is 4.53. The first kappa shape index (κ1) is 11.8. The number of nitrogen functional groups attached to an aromatic ring is 1. The molecule has 0 atom stereocenters. The molecule has 0 aliphatic carbocycles. The smallest absolute Gasteiger partial charge is 0.231 e. The van der Waals surface area contributed by atoms with Crippen LogP contribution in [0.25, 0.3) is 33.3 Å². The number of nitrogens with two attached hydrogens (primary N) is 1. The molecule has 1 heterocycles. The van der Waals surface area contributed by atoms with Gasteiger partial charge in [-0.15, -0.1) is 0 Å². The molecule has 3 N–H and O–H groups in total. The van der Waals surface area contributed by atoms with Crippen LogP contribution in [0.4, 0.5) is 5.69 Å². The molecule has 0 spiro atoms. The van der Waals surface area contributed by atoms with E-state index in [0.717, 1.165) is 16.3 Å². The summed E-state index contributed by atoms with van der Waals surface area (Å²) >= 11 is 0. The predicted molar refractivity (Wildman–Crippen MR) is 83.0 cm³/mol. The van der Waals surface area contributed by atoms with Crippen LogP contribution in [-0.2, 0) is 0 Å². The molecule has 4 aromatic rings. The number of benzene rings is 3. The third-order valence-corrected chi connectivity index (χ3v) is 3.53. The fraction of sp³-hybridized carbons (Fsp3) is 0. The average molecular weight is 276 g/mol. The number of phenolic OH excluding ortho intramolecular Hbond substituents is 1. The lowest BCUT2D eigenvalue weighted by Gasteiger charge is -2.00. The van der Waals surface area contributed by atoms with Gasteiger partial charge < -0.3 is 15.3 Å².